The van der Waals surface area contributed by atoms with Crippen LogP contribution in [0.2, 0.25) is 0 Å². The number of alkyl halides is 2. The van der Waals surface area contributed by atoms with E-state index >= 15 is 0 Å². The van der Waals surface area contributed by atoms with Crippen molar-refractivity contribution in [3.63, 3.8) is 0 Å². The van der Waals surface area contributed by atoms with Gasteiger partial charge in [0, 0.05) is 0 Å². The summed E-state index contributed by atoms with van der Waals surface area (Å²) in [5.41, 5.74) is 0. The van der Waals surface area contributed by atoms with E-state index in [1.54, 1.807) is 0 Å². The molecule has 1 radical (unpaired) electrons. The van der Waals surface area contributed by atoms with E-state index < -0.39 is 19.6 Å². The van der Waals surface area contributed by atoms with Crippen molar-refractivity contribution in [2.45, 2.75) is 6.43 Å². The molecule has 0 fully saturated rings. The molecule has 8 heavy (non-hydrogen) atoms. The maximum Gasteiger partial charge on any atom is 0.261 e. The molecule has 4 heteroatoms. The lowest BCUT2D eigenvalue weighted by Gasteiger charge is -1.97. The predicted octanol–water partition coefficient (Wildman–Crippen LogP) is 0.699. The van der Waals surface area contributed by atoms with E-state index in [9.17, 15) is 13.9 Å². The second-order valence-corrected chi connectivity index (χ2v) is 1.17. The predicted molar refractivity (Wildman–Crippen MR) is 22.4 cm³/mol. The van der Waals surface area contributed by atoms with Gasteiger partial charge in [0.05, 0.1) is 6.61 Å². The van der Waals surface area contributed by atoms with Crippen LogP contribution >= 0.6 is 0 Å². The normalized spacial score (nSPS) is 10.5. The molecule has 0 aromatic rings. The molecule has 0 atom stereocenters. The third kappa shape index (κ3) is 5.78. The highest BCUT2D eigenvalue weighted by molar-refractivity contribution is 4.32. The second-order valence-electron chi connectivity index (χ2n) is 1.17. The van der Waals surface area contributed by atoms with Crippen molar-refractivity contribution in [3.05, 3.63) is 0 Å². The third-order valence-corrected chi connectivity index (χ3v) is 0.472. The molecule has 0 aromatic carbocycles. The van der Waals surface area contributed by atoms with E-state index in [1.807, 2.05) is 0 Å². The van der Waals surface area contributed by atoms with Gasteiger partial charge in [-0.25, -0.2) is 13.9 Å². The van der Waals surface area contributed by atoms with E-state index in [0.29, 0.717) is 0 Å². The highest BCUT2D eigenvalue weighted by atomic mass is 19.3. The average molecular weight is 125 g/mol. The van der Waals surface area contributed by atoms with Crippen molar-refractivity contribution in [1.29, 1.82) is 0 Å². The Balaban J connectivity index is 2.72. The first kappa shape index (κ1) is 7.78. The minimum atomic E-state index is -2.46. The fraction of sp³-hybridized carbons (Fsp3) is 1.00. The van der Waals surface area contributed by atoms with Crippen LogP contribution in [-0.2, 0) is 9.84 Å². The van der Waals surface area contributed by atoms with Gasteiger partial charge in [-0.3, -0.25) is 0 Å². The molecule has 2 nitrogen and oxygen atoms in total. The van der Waals surface area contributed by atoms with Crippen molar-refractivity contribution >= 4 is 0 Å². The first-order valence-corrected chi connectivity index (χ1v) is 2.21. The molecule has 0 unspecified atom stereocenters. The second kappa shape index (κ2) is 4.93. The van der Waals surface area contributed by atoms with Crippen LogP contribution in [0.5, 0.6) is 0 Å². The summed E-state index contributed by atoms with van der Waals surface area (Å²) in [5.74, 6) is 0. The van der Waals surface area contributed by atoms with Crippen LogP contribution in [0, 0.1) is 0 Å². The highest BCUT2D eigenvalue weighted by Gasteiger charge is 1.99. The smallest absolute Gasteiger partial charge is 0.261 e. The zero-order valence-electron chi connectivity index (χ0n) is 4.27. The molecule has 0 amide bonds. The first-order valence-electron chi connectivity index (χ1n) is 2.21. The topological polar surface area (TPSA) is 29.1 Å². The van der Waals surface area contributed by atoms with Gasteiger partial charge in [-0.15, -0.1) is 0 Å². The Kier molecular flexibility index (Phi) is 4.79. The standard InChI is InChI=1S/C4H7F2O2/c5-4(6)3-8-2-1-7/h4H,1-3H2. The molecule has 0 aliphatic carbocycles. The van der Waals surface area contributed by atoms with Crippen LogP contribution < -0.4 is 0 Å². The molecule has 0 heterocycles. The van der Waals surface area contributed by atoms with Crippen LogP contribution in [0.3, 0.4) is 0 Å². The van der Waals surface area contributed by atoms with Crippen LogP contribution in [0.25, 0.3) is 0 Å². The Labute approximate surface area is 46.1 Å². The number of rotatable bonds is 4. The Hall–Kier alpha value is -0.220. The zero-order chi connectivity index (χ0) is 6.41. The van der Waals surface area contributed by atoms with E-state index in [2.05, 4.69) is 4.74 Å². The Morgan fingerprint density at radius 3 is 2.50 bits per heavy atom. The fourth-order valence-electron chi connectivity index (χ4n) is 0.231. The molecule has 0 aliphatic heterocycles. The minimum absolute atomic E-state index is 0.121. The summed E-state index contributed by atoms with van der Waals surface area (Å²) in [4.78, 5) is 0. The van der Waals surface area contributed by atoms with Crippen molar-refractivity contribution in [3.8, 4) is 0 Å². The number of hydrogen-bond donors (Lipinski definition) is 0. The van der Waals surface area contributed by atoms with Gasteiger partial charge in [-0.2, -0.15) is 0 Å². The van der Waals surface area contributed by atoms with Gasteiger partial charge in [-0.05, 0) is 0 Å². The molecule has 0 N–H and O–H groups in total. The highest BCUT2D eigenvalue weighted by Crippen LogP contribution is 1.90. The average Bonchev–Trinajstić information content (AvgIpc) is 1.66. The van der Waals surface area contributed by atoms with E-state index in [4.69, 9.17) is 0 Å². The molecular weight excluding hydrogens is 118 g/mol. The molecule has 0 spiro atoms. The van der Waals surface area contributed by atoms with Crippen molar-refractivity contribution in [2.75, 3.05) is 19.8 Å². The Morgan fingerprint density at radius 1 is 1.50 bits per heavy atom. The van der Waals surface area contributed by atoms with E-state index in [1.165, 1.54) is 0 Å². The minimum Gasteiger partial charge on any atom is -0.373 e. The van der Waals surface area contributed by atoms with Crippen LogP contribution in [0.15, 0.2) is 0 Å². The molecule has 0 rings (SSSR count). The summed E-state index contributed by atoms with van der Waals surface area (Å²) in [5, 5.41) is 9.54. The molecule has 0 saturated heterocycles. The molecule has 0 bridgehead atoms. The maximum absolute atomic E-state index is 11.1. The van der Waals surface area contributed by atoms with Gasteiger partial charge in [0.15, 0.2) is 0 Å². The Bertz CT molecular complexity index is 49.3. The molecule has 49 valence electrons. The van der Waals surface area contributed by atoms with Crippen molar-refractivity contribution in [1.82, 2.24) is 0 Å². The van der Waals surface area contributed by atoms with Gasteiger partial charge >= 0.3 is 0 Å². The molecule has 0 aliphatic rings. The summed E-state index contributed by atoms with van der Waals surface area (Å²) < 4.78 is 26.4. The number of hydrogen-bond acceptors (Lipinski definition) is 1. The largest absolute Gasteiger partial charge is 0.373 e. The van der Waals surface area contributed by atoms with Crippen LogP contribution in [0.1, 0.15) is 0 Å². The van der Waals surface area contributed by atoms with Gasteiger partial charge in [0.2, 0.25) is 0 Å². The van der Waals surface area contributed by atoms with Gasteiger partial charge in [0.25, 0.3) is 6.43 Å². The number of halogens is 2. The van der Waals surface area contributed by atoms with Gasteiger partial charge < -0.3 is 4.74 Å². The summed E-state index contributed by atoms with van der Waals surface area (Å²) in [6.45, 7) is -1.20. The summed E-state index contributed by atoms with van der Waals surface area (Å²) in [6.07, 6.45) is -2.46. The lowest BCUT2D eigenvalue weighted by Crippen LogP contribution is -2.06. The van der Waals surface area contributed by atoms with Crippen LogP contribution in [0.4, 0.5) is 8.78 Å². The Morgan fingerprint density at radius 2 is 2.12 bits per heavy atom. The van der Waals surface area contributed by atoms with E-state index in [0.717, 1.165) is 0 Å². The maximum atomic E-state index is 11.1. The summed E-state index contributed by atoms with van der Waals surface area (Å²) in [6, 6.07) is 0. The molecule has 0 aromatic heterocycles. The number of ether oxygens (including phenoxy) is 1. The monoisotopic (exact) mass is 125 g/mol. The summed E-state index contributed by atoms with van der Waals surface area (Å²) in [7, 11) is 0. The lowest BCUT2D eigenvalue weighted by molar-refractivity contribution is -0.00470. The fourth-order valence-corrected chi connectivity index (χ4v) is 0.231. The van der Waals surface area contributed by atoms with E-state index in [-0.39, 0.29) is 6.61 Å². The molecule has 0 saturated carbocycles. The van der Waals surface area contributed by atoms with Gasteiger partial charge in [0.1, 0.15) is 13.2 Å². The lowest BCUT2D eigenvalue weighted by atomic mass is 10.7. The third-order valence-electron chi connectivity index (χ3n) is 0.472. The van der Waals surface area contributed by atoms with Crippen molar-refractivity contribution in [2.24, 2.45) is 0 Å². The van der Waals surface area contributed by atoms with Gasteiger partial charge in [-0.1, -0.05) is 0 Å². The summed E-state index contributed by atoms with van der Waals surface area (Å²) >= 11 is 0. The quantitative estimate of drug-likeness (QED) is 0.508. The van der Waals surface area contributed by atoms with Crippen LogP contribution in [-0.4, -0.2) is 26.2 Å². The molecular formula is C4H7F2O2. The zero-order valence-corrected chi connectivity index (χ0v) is 4.27. The first-order chi connectivity index (χ1) is 3.77. The van der Waals surface area contributed by atoms with Crippen molar-refractivity contribution < 1.29 is 18.6 Å². The SMILES string of the molecule is [O]CCOCC(F)F.